The van der Waals surface area contributed by atoms with Gasteiger partial charge < -0.3 is 15.0 Å². The summed E-state index contributed by atoms with van der Waals surface area (Å²) in [5.41, 5.74) is 0. The first-order valence-corrected chi connectivity index (χ1v) is 8.50. The van der Waals surface area contributed by atoms with Gasteiger partial charge in [-0.3, -0.25) is 9.69 Å². The SMILES string of the molecule is CCOC(=O)C1CNCCN1C1CCCN(C(C)C)CC1. The van der Waals surface area contributed by atoms with Crippen LogP contribution in [-0.2, 0) is 9.53 Å². The minimum absolute atomic E-state index is 0.0605. The van der Waals surface area contributed by atoms with E-state index in [0.29, 0.717) is 18.7 Å². The van der Waals surface area contributed by atoms with Gasteiger partial charge in [-0.1, -0.05) is 0 Å². The molecule has 2 heterocycles. The molecule has 5 nitrogen and oxygen atoms in total. The predicted octanol–water partition coefficient (Wildman–Crippen LogP) is 1.09. The van der Waals surface area contributed by atoms with Gasteiger partial charge in [-0.2, -0.15) is 0 Å². The van der Waals surface area contributed by atoms with Crippen LogP contribution in [0.1, 0.15) is 40.0 Å². The molecule has 1 N–H and O–H groups in total. The van der Waals surface area contributed by atoms with Gasteiger partial charge in [0, 0.05) is 31.7 Å². The monoisotopic (exact) mass is 297 g/mol. The number of nitrogens with one attached hydrogen (secondary N) is 1. The lowest BCUT2D eigenvalue weighted by Gasteiger charge is -2.40. The normalized spacial score (nSPS) is 29.3. The fourth-order valence-electron chi connectivity index (χ4n) is 3.56. The Morgan fingerprint density at radius 2 is 2.10 bits per heavy atom. The summed E-state index contributed by atoms with van der Waals surface area (Å²) in [4.78, 5) is 17.2. The third-order valence-electron chi connectivity index (χ3n) is 4.77. The third-order valence-corrected chi connectivity index (χ3v) is 4.77. The molecule has 0 amide bonds. The Morgan fingerprint density at radius 1 is 1.29 bits per heavy atom. The van der Waals surface area contributed by atoms with Crippen molar-refractivity contribution in [3.8, 4) is 0 Å². The van der Waals surface area contributed by atoms with Crippen LogP contribution < -0.4 is 5.32 Å². The van der Waals surface area contributed by atoms with Gasteiger partial charge in [-0.25, -0.2) is 0 Å². The van der Waals surface area contributed by atoms with Crippen molar-refractivity contribution in [3.63, 3.8) is 0 Å². The van der Waals surface area contributed by atoms with Gasteiger partial charge in [-0.05, 0) is 53.1 Å². The molecule has 5 heteroatoms. The second-order valence-corrected chi connectivity index (χ2v) is 6.42. The summed E-state index contributed by atoms with van der Waals surface area (Å²) in [5.74, 6) is -0.0605. The molecule has 21 heavy (non-hydrogen) atoms. The van der Waals surface area contributed by atoms with E-state index in [1.165, 1.54) is 19.4 Å². The van der Waals surface area contributed by atoms with Crippen LogP contribution in [0.25, 0.3) is 0 Å². The van der Waals surface area contributed by atoms with E-state index in [0.717, 1.165) is 32.6 Å². The highest BCUT2D eigenvalue weighted by atomic mass is 16.5. The molecular weight excluding hydrogens is 266 g/mol. The molecule has 2 unspecified atom stereocenters. The smallest absolute Gasteiger partial charge is 0.324 e. The number of esters is 1. The molecule has 2 atom stereocenters. The lowest BCUT2D eigenvalue weighted by atomic mass is 10.0. The van der Waals surface area contributed by atoms with Gasteiger partial charge >= 0.3 is 5.97 Å². The first-order chi connectivity index (χ1) is 10.1. The van der Waals surface area contributed by atoms with Crippen molar-refractivity contribution in [1.82, 2.24) is 15.1 Å². The number of piperazine rings is 1. The maximum absolute atomic E-state index is 12.2. The van der Waals surface area contributed by atoms with E-state index in [1.807, 2.05) is 6.92 Å². The van der Waals surface area contributed by atoms with Gasteiger partial charge in [0.05, 0.1) is 6.61 Å². The Labute approximate surface area is 129 Å². The van der Waals surface area contributed by atoms with Crippen LogP contribution >= 0.6 is 0 Å². The molecule has 2 fully saturated rings. The number of hydrogen-bond donors (Lipinski definition) is 1. The van der Waals surface area contributed by atoms with Crippen molar-refractivity contribution in [2.24, 2.45) is 0 Å². The van der Waals surface area contributed by atoms with Crippen molar-refractivity contribution < 1.29 is 9.53 Å². The summed E-state index contributed by atoms with van der Waals surface area (Å²) in [6.45, 7) is 11.9. The highest BCUT2D eigenvalue weighted by molar-refractivity contribution is 5.76. The zero-order valence-corrected chi connectivity index (χ0v) is 13.8. The molecule has 0 aromatic carbocycles. The second kappa shape index (κ2) is 8.11. The molecule has 2 rings (SSSR count). The number of carbonyl (C=O) groups is 1. The van der Waals surface area contributed by atoms with Gasteiger partial charge in [0.25, 0.3) is 0 Å². The summed E-state index contributed by atoms with van der Waals surface area (Å²) in [5, 5.41) is 3.33. The fraction of sp³-hybridized carbons (Fsp3) is 0.938. The predicted molar refractivity (Wildman–Crippen MR) is 84.3 cm³/mol. The van der Waals surface area contributed by atoms with Crippen LogP contribution in [0.15, 0.2) is 0 Å². The number of rotatable bonds is 4. The van der Waals surface area contributed by atoms with Gasteiger partial charge in [0.2, 0.25) is 0 Å². The van der Waals surface area contributed by atoms with Crippen molar-refractivity contribution in [3.05, 3.63) is 0 Å². The molecule has 2 aliphatic heterocycles. The molecule has 0 bridgehead atoms. The van der Waals surface area contributed by atoms with Crippen LogP contribution in [0.2, 0.25) is 0 Å². The molecule has 0 aliphatic carbocycles. The van der Waals surface area contributed by atoms with Crippen molar-refractivity contribution in [2.45, 2.75) is 58.2 Å². The maximum Gasteiger partial charge on any atom is 0.324 e. The second-order valence-electron chi connectivity index (χ2n) is 6.42. The van der Waals surface area contributed by atoms with Gasteiger partial charge in [-0.15, -0.1) is 0 Å². The number of hydrogen-bond acceptors (Lipinski definition) is 5. The minimum atomic E-state index is -0.103. The lowest BCUT2D eigenvalue weighted by molar-refractivity contribution is -0.151. The molecule has 0 radical (unpaired) electrons. The summed E-state index contributed by atoms with van der Waals surface area (Å²) >= 11 is 0. The fourth-order valence-corrected chi connectivity index (χ4v) is 3.56. The Hall–Kier alpha value is -0.650. The summed E-state index contributed by atoms with van der Waals surface area (Å²) in [7, 11) is 0. The van der Waals surface area contributed by atoms with Crippen LogP contribution in [0.5, 0.6) is 0 Å². The molecule has 2 aliphatic rings. The van der Waals surface area contributed by atoms with E-state index in [9.17, 15) is 4.79 Å². The average molecular weight is 297 g/mol. The lowest BCUT2D eigenvalue weighted by Crippen LogP contribution is -2.58. The largest absolute Gasteiger partial charge is 0.465 e. The van der Waals surface area contributed by atoms with Crippen LogP contribution in [0.4, 0.5) is 0 Å². The van der Waals surface area contributed by atoms with Gasteiger partial charge in [0.1, 0.15) is 6.04 Å². The van der Waals surface area contributed by atoms with Gasteiger partial charge in [0.15, 0.2) is 0 Å². The number of carbonyl (C=O) groups excluding carboxylic acids is 1. The topological polar surface area (TPSA) is 44.8 Å². The van der Waals surface area contributed by atoms with E-state index >= 15 is 0 Å². The van der Waals surface area contributed by atoms with Crippen LogP contribution in [0.3, 0.4) is 0 Å². The molecular formula is C16H31N3O2. The first kappa shape index (κ1) is 16.7. The number of ether oxygens (including phenoxy) is 1. The number of likely N-dealkylation sites (tertiary alicyclic amines) is 1. The highest BCUT2D eigenvalue weighted by Gasteiger charge is 2.35. The van der Waals surface area contributed by atoms with Crippen molar-refractivity contribution in [2.75, 3.05) is 39.3 Å². The van der Waals surface area contributed by atoms with E-state index in [1.54, 1.807) is 0 Å². The molecule has 0 spiro atoms. The van der Waals surface area contributed by atoms with E-state index in [-0.39, 0.29) is 12.0 Å². The molecule has 2 saturated heterocycles. The van der Waals surface area contributed by atoms with E-state index in [2.05, 4.69) is 29.0 Å². The van der Waals surface area contributed by atoms with Crippen LogP contribution in [-0.4, -0.2) is 73.2 Å². The van der Waals surface area contributed by atoms with Crippen molar-refractivity contribution >= 4 is 5.97 Å². The zero-order valence-electron chi connectivity index (χ0n) is 13.8. The summed E-state index contributed by atoms with van der Waals surface area (Å²) < 4.78 is 5.26. The summed E-state index contributed by atoms with van der Waals surface area (Å²) in [6, 6.07) is 1.03. The summed E-state index contributed by atoms with van der Waals surface area (Å²) in [6.07, 6.45) is 3.58. The highest BCUT2D eigenvalue weighted by Crippen LogP contribution is 2.21. The Morgan fingerprint density at radius 3 is 2.81 bits per heavy atom. The van der Waals surface area contributed by atoms with Crippen molar-refractivity contribution in [1.29, 1.82) is 0 Å². The quantitative estimate of drug-likeness (QED) is 0.787. The van der Waals surface area contributed by atoms with E-state index in [4.69, 9.17) is 4.74 Å². The third kappa shape index (κ3) is 4.41. The molecule has 0 saturated carbocycles. The minimum Gasteiger partial charge on any atom is -0.465 e. The standard InChI is InChI=1S/C16H31N3O2/c1-4-21-16(20)15-12-17-8-11-19(15)14-6-5-9-18(10-7-14)13(2)3/h13-15,17H,4-12H2,1-3H3. The zero-order chi connectivity index (χ0) is 15.2. The Bertz CT molecular complexity index is 335. The number of nitrogens with zero attached hydrogens (tertiary/aromatic N) is 2. The molecule has 122 valence electrons. The average Bonchev–Trinajstić information content (AvgIpc) is 2.73. The van der Waals surface area contributed by atoms with Crippen LogP contribution in [0, 0.1) is 0 Å². The Balaban J connectivity index is 1.98. The molecule has 0 aromatic rings. The maximum atomic E-state index is 12.2. The first-order valence-electron chi connectivity index (χ1n) is 8.50. The van der Waals surface area contributed by atoms with E-state index < -0.39 is 0 Å². The Kier molecular flexibility index (Phi) is 6.45. The molecule has 0 aromatic heterocycles.